The maximum Gasteiger partial charge on any atom is 0.338 e. The van der Waals surface area contributed by atoms with Crippen LogP contribution in [0.1, 0.15) is 62.0 Å². The highest BCUT2D eigenvalue weighted by atomic mass is 79.9. The smallest absolute Gasteiger partial charge is 0.338 e. The Morgan fingerprint density at radius 3 is 2.55 bits per heavy atom. The average molecular weight is 648 g/mol. The number of anilines is 1. The van der Waals surface area contributed by atoms with Gasteiger partial charge in [-0.3, -0.25) is 4.79 Å². The van der Waals surface area contributed by atoms with E-state index in [1.54, 1.807) is 43.7 Å². The molecule has 0 fully saturated rings. The van der Waals surface area contributed by atoms with Crippen LogP contribution in [0.15, 0.2) is 76.2 Å². The van der Waals surface area contributed by atoms with Crippen molar-refractivity contribution >= 4 is 56.0 Å². The molecule has 9 heteroatoms. The molecule has 1 aromatic heterocycles. The molecular weight excluding hydrogens is 616 g/mol. The van der Waals surface area contributed by atoms with Gasteiger partial charge in [0.2, 0.25) is 0 Å². The Morgan fingerprint density at radius 2 is 1.81 bits per heavy atom. The molecular formula is C33H31BrN2O5S. The van der Waals surface area contributed by atoms with E-state index in [0.717, 1.165) is 47.0 Å². The third-order valence-electron chi connectivity index (χ3n) is 6.85. The zero-order chi connectivity index (χ0) is 29.5. The fourth-order valence-corrected chi connectivity index (χ4v) is 6.50. The number of methoxy groups -OCH3 is 1. The van der Waals surface area contributed by atoms with E-state index in [2.05, 4.69) is 21.2 Å². The lowest BCUT2D eigenvalue weighted by molar-refractivity contribution is 0.0526. The fourth-order valence-electron chi connectivity index (χ4n) is 4.82. The third kappa shape index (κ3) is 6.91. The van der Waals surface area contributed by atoms with Crippen LogP contribution in [-0.2, 0) is 24.2 Å². The summed E-state index contributed by atoms with van der Waals surface area (Å²) in [4.78, 5) is 31.6. The Balaban J connectivity index is 1.43. The number of halogens is 1. The maximum absolute atomic E-state index is 13.5. The molecule has 3 aromatic carbocycles. The van der Waals surface area contributed by atoms with Crippen molar-refractivity contribution < 1.29 is 23.8 Å². The number of benzene rings is 3. The van der Waals surface area contributed by atoms with Gasteiger partial charge in [0.1, 0.15) is 11.6 Å². The molecule has 1 N–H and O–H groups in total. The van der Waals surface area contributed by atoms with Crippen LogP contribution < -0.4 is 14.8 Å². The minimum atomic E-state index is -0.356. The average Bonchev–Trinajstić information content (AvgIpc) is 3.38. The minimum absolute atomic E-state index is 0.151. The van der Waals surface area contributed by atoms with Gasteiger partial charge in [-0.05, 0) is 80.1 Å². The number of hydrogen-bond acceptors (Lipinski definition) is 7. The SMILES string of the molecule is CCOC(=O)c1ccc(COc2c(C=Nc3sc4c(c3C(=O)Nc3ccccc3)CCCC4)cc(Br)cc2OC)cc1. The van der Waals surface area contributed by atoms with Crippen molar-refractivity contribution in [2.45, 2.75) is 39.2 Å². The van der Waals surface area contributed by atoms with Gasteiger partial charge in [-0.15, -0.1) is 11.3 Å². The maximum atomic E-state index is 13.5. The van der Waals surface area contributed by atoms with E-state index < -0.39 is 0 Å². The quantitative estimate of drug-likeness (QED) is 0.139. The van der Waals surface area contributed by atoms with E-state index in [1.807, 2.05) is 54.6 Å². The molecule has 5 rings (SSSR count). The van der Waals surface area contributed by atoms with Crippen LogP contribution in [0.4, 0.5) is 10.7 Å². The Morgan fingerprint density at radius 1 is 1.05 bits per heavy atom. The Kier molecular flexibility index (Phi) is 9.71. The molecule has 42 heavy (non-hydrogen) atoms. The second-order valence-electron chi connectivity index (χ2n) is 9.70. The molecule has 1 aliphatic rings. The largest absolute Gasteiger partial charge is 0.493 e. The van der Waals surface area contributed by atoms with Crippen molar-refractivity contribution in [3.8, 4) is 11.5 Å². The van der Waals surface area contributed by atoms with Gasteiger partial charge in [-0.2, -0.15) is 0 Å². The Hall–Kier alpha value is -3.95. The number of esters is 1. The number of aliphatic imine (C=N–C) groups is 1. The van der Waals surface area contributed by atoms with Crippen molar-refractivity contribution in [3.63, 3.8) is 0 Å². The monoisotopic (exact) mass is 646 g/mol. The van der Waals surface area contributed by atoms with Gasteiger partial charge >= 0.3 is 5.97 Å². The molecule has 0 aliphatic heterocycles. The van der Waals surface area contributed by atoms with Crippen molar-refractivity contribution in [2.75, 3.05) is 19.0 Å². The summed E-state index contributed by atoms with van der Waals surface area (Å²) in [5, 5.41) is 3.72. The first kappa shape index (κ1) is 29.5. The predicted octanol–water partition coefficient (Wildman–Crippen LogP) is 8.16. The van der Waals surface area contributed by atoms with Crippen LogP contribution in [-0.4, -0.2) is 31.8 Å². The van der Waals surface area contributed by atoms with E-state index in [4.69, 9.17) is 19.2 Å². The van der Waals surface area contributed by atoms with Crippen LogP contribution in [0.3, 0.4) is 0 Å². The van der Waals surface area contributed by atoms with Gasteiger partial charge in [0.15, 0.2) is 11.5 Å². The zero-order valence-corrected chi connectivity index (χ0v) is 25.8. The number of amides is 1. The van der Waals surface area contributed by atoms with Crippen LogP contribution in [0, 0.1) is 0 Å². The lowest BCUT2D eigenvalue weighted by atomic mass is 9.95. The standard InChI is InChI=1S/C33H31BrN2O5S/c1-3-40-33(38)22-15-13-21(14-16-22)20-41-30-23(17-24(34)18-27(30)39-2)19-35-32-29(26-11-7-8-12-28(26)42-32)31(37)36-25-9-5-4-6-10-25/h4-6,9-10,13-19H,3,7-8,11-12,20H2,1-2H3,(H,36,37). The van der Waals surface area contributed by atoms with Crippen LogP contribution >= 0.6 is 27.3 Å². The third-order valence-corrected chi connectivity index (χ3v) is 8.51. The van der Waals surface area contributed by atoms with Crippen LogP contribution in [0.2, 0.25) is 0 Å². The van der Waals surface area contributed by atoms with E-state index in [0.29, 0.717) is 39.8 Å². The number of ether oxygens (including phenoxy) is 3. The Labute approximate surface area is 257 Å². The lowest BCUT2D eigenvalue weighted by Crippen LogP contribution is -2.14. The van der Waals surface area contributed by atoms with Gasteiger partial charge in [0.25, 0.3) is 5.91 Å². The number of fused-ring (bicyclic) bond motifs is 1. The van der Waals surface area contributed by atoms with Gasteiger partial charge in [0, 0.05) is 26.8 Å². The molecule has 0 spiro atoms. The molecule has 0 radical (unpaired) electrons. The summed E-state index contributed by atoms with van der Waals surface area (Å²) in [5.74, 6) is 0.560. The summed E-state index contributed by atoms with van der Waals surface area (Å²) >= 11 is 5.14. The van der Waals surface area contributed by atoms with E-state index >= 15 is 0 Å². The minimum Gasteiger partial charge on any atom is -0.493 e. The summed E-state index contributed by atoms with van der Waals surface area (Å²) < 4.78 is 17.8. The topological polar surface area (TPSA) is 86.2 Å². The highest BCUT2D eigenvalue weighted by Crippen LogP contribution is 2.41. The molecule has 7 nitrogen and oxygen atoms in total. The van der Waals surface area contributed by atoms with Crippen molar-refractivity contribution in [2.24, 2.45) is 4.99 Å². The van der Waals surface area contributed by atoms with Gasteiger partial charge in [-0.25, -0.2) is 9.79 Å². The number of para-hydroxylation sites is 1. The number of carbonyl (C=O) groups is 2. The molecule has 4 aromatic rings. The number of hydrogen-bond donors (Lipinski definition) is 1. The second kappa shape index (κ2) is 13.8. The van der Waals surface area contributed by atoms with Crippen molar-refractivity contribution in [3.05, 3.63) is 104 Å². The summed E-state index contributed by atoms with van der Waals surface area (Å²) in [5.41, 5.74) is 4.55. The van der Waals surface area contributed by atoms with Crippen LogP contribution in [0.25, 0.3) is 0 Å². The molecule has 0 saturated heterocycles. The lowest BCUT2D eigenvalue weighted by Gasteiger charge is -2.14. The second-order valence-corrected chi connectivity index (χ2v) is 11.7. The molecule has 0 unspecified atom stereocenters. The van der Waals surface area contributed by atoms with Crippen LogP contribution in [0.5, 0.6) is 11.5 Å². The first-order valence-electron chi connectivity index (χ1n) is 13.8. The van der Waals surface area contributed by atoms with E-state index in [1.165, 1.54) is 4.88 Å². The number of nitrogens with zero attached hydrogens (tertiary/aromatic N) is 1. The molecule has 1 aliphatic carbocycles. The first-order chi connectivity index (χ1) is 20.5. The van der Waals surface area contributed by atoms with E-state index in [-0.39, 0.29) is 18.5 Å². The zero-order valence-electron chi connectivity index (χ0n) is 23.4. The summed E-state index contributed by atoms with van der Waals surface area (Å²) in [6.45, 7) is 2.35. The molecule has 0 atom stereocenters. The van der Waals surface area contributed by atoms with Gasteiger partial charge < -0.3 is 19.5 Å². The van der Waals surface area contributed by atoms with Crippen molar-refractivity contribution in [1.82, 2.24) is 0 Å². The molecule has 1 amide bonds. The normalized spacial score (nSPS) is 12.5. The van der Waals surface area contributed by atoms with Crippen molar-refractivity contribution in [1.29, 1.82) is 0 Å². The van der Waals surface area contributed by atoms with Gasteiger partial charge in [-0.1, -0.05) is 46.3 Å². The fraction of sp³-hybridized carbons (Fsp3) is 0.242. The number of rotatable bonds is 10. The number of nitrogens with one attached hydrogen (secondary N) is 1. The first-order valence-corrected chi connectivity index (χ1v) is 15.4. The molecule has 0 saturated carbocycles. The van der Waals surface area contributed by atoms with Gasteiger partial charge in [0.05, 0.1) is 24.8 Å². The summed E-state index contributed by atoms with van der Waals surface area (Å²) in [6, 6.07) is 20.3. The Bertz CT molecular complexity index is 1600. The summed E-state index contributed by atoms with van der Waals surface area (Å²) in [7, 11) is 1.59. The highest BCUT2D eigenvalue weighted by Gasteiger charge is 2.25. The molecule has 216 valence electrons. The molecule has 0 bridgehead atoms. The number of carbonyl (C=O) groups excluding carboxylic acids is 2. The highest BCUT2D eigenvalue weighted by molar-refractivity contribution is 9.10. The molecule has 1 heterocycles. The number of aryl methyl sites for hydroxylation is 1. The number of thiophene rings is 1. The predicted molar refractivity (Wildman–Crippen MR) is 170 cm³/mol. The van der Waals surface area contributed by atoms with E-state index in [9.17, 15) is 9.59 Å². The summed E-state index contributed by atoms with van der Waals surface area (Å²) in [6.07, 6.45) is 5.71.